The van der Waals surface area contributed by atoms with Gasteiger partial charge in [-0.05, 0) is 18.6 Å². The molecule has 0 aliphatic rings. The highest BCUT2D eigenvalue weighted by Gasteiger charge is 2.15. The first-order chi connectivity index (χ1) is 6.81. The highest BCUT2D eigenvalue weighted by Crippen LogP contribution is 2.22. The van der Waals surface area contributed by atoms with Crippen molar-refractivity contribution >= 4 is 19.7 Å². The molecule has 0 aliphatic carbocycles. The molecule has 0 saturated heterocycles. The van der Waals surface area contributed by atoms with Crippen molar-refractivity contribution in [3.8, 4) is 5.75 Å². The van der Waals surface area contributed by atoms with Gasteiger partial charge in [0.05, 0.1) is 5.75 Å². The molecule has 1 aromatic rings. The fourth-order valence-electron chi connectivity index (χ4n) is 1.04. The molecule has 0 amide bonds. The van der Waals surface area contributed by atoms with Crippen LogP contribution in [0, 0.1) is 11.6 Å². The summed E-state index contributed by atoms with van der Waals surface area (Å²) in [5.74, 6) is -3.38. The molecule has 1 N–H and O–H groups in total. The lowest BCUT2D eigenvalue weighted by atomic mass is 10.1. The normalized spacial score (nSPS) is 11.7. The fourth-order valence-corrected chi connectivity index (χ4v) is 1.72. The van der Waals surface area contributed by atoms with E-state index in [2.05, 4.69) is 0 Å². The quantitative estimate of drug-likeness (QED) is 0.839. The van der Waals surface area contributed by atoms with Crippen molar-refractivity contribution in [2.24, 2.45) is 0 Å². The first-order valence-electron chi connectivity index (χ1n) is 3.89. The van der Waals surface area contributed by atoms with Crippen LogP contribution in [-0.2, 0) is 15.5 Å². The van der Waals surface area contributed by atoms with E-state index in [1.165, 1.54) is 0 Å². The van der Waals surface area contributed by atoms with Crippen molar-refractivity contribution in [1.82, 2.24) is 0 Å². The lowest BCUT2D eigenvalue weighted by molar-refractivity contribution is 0.422. The summed E-state index contributed by atoms with van der Waals surface area (Å²) in [4.78, 5) is 0. The van der Waals surface area contributed by atoms with Crippen molar-refractivity contribution in [2.45, 2.75) is 6.42 Å². The van der Waals surface area contributed by atoms with E-state index in [0.29, 0.717) is 0 Å². The Morgan fingerprint density at radius 2 is 1.93 bits per heavy atom. The summed E-state index contributed by atoms with van der Waals surface area (Å²) in [5, 5.41) is 8.93. The van der Waals surface area contributed by atoms with Crippen LogP contribution in [0.15, 0.2) is 12.1 Å². The predicted octanol–water partition coefficient (Wildman–Crippen LogP) is 1.78. The minimum atomic E-state index is -3.81. The molecule has 0 atom stereocenters. The first-order valence-corrected chi connectivity index (χ1v) is 6.37. The maximum atomic E-state index is 13.1. The van der Waals surface area contributed by atoms with E-state index >= 15 is 0 Å². The summed E-state index contributed by atoms with van der Waals surface area (Å²) in [6, 6.07) is 1.71. The van der Waals surface area contributed by atoms with Crippen LogP contribution in [0.2, 0.25) is 0 Å². The average Bonchev–Trinajstić information content (AvgIpc) is 2.10. The molecule has 0 fully saturated rings. The van der Waals surface area contributed by atoms with Crippen LogP contribution in [0.1, 0.15) is 5.56 Å². The van der Waals surface area contributed by atoms with Gasteiger partial charge in [-0.3, -0.25) is 0 Å². The largest absolute Gasteiger partial charge is 0.505 e. The fraction of sp³-hybridized carbons (Fsp3) is 0.250. The van der Waals surface area contributed by atoms with Crippen LogP contribution in [-0.4, -0.2) is 19.3 Å². The number of hydrogen-bond acceptors (Lipinski definition) is 3. The Morgan fingerprint density at radius 1 is 1.33 bits per heavy atom. The number of phenolic OH excluding ortho intramolecular Hbond substituents is 1. The van der Waals surface area contributed by atoms with E-state index in [9.17, 15) is 17.2 Å². The first kappa shape index (κ1) is 12.2. The van der Waals surface area contributed by atoms with Crippen molar-refractivity contribution in [1.29, 1.82) is 0 Å². The van der Waals surface area contributed by atoms with Gasteiger partial charge >= 0.3 is 0 Å². The molecule has 0 saturated carbocycles. The van der Waals surface area contributed by atoms with Gasteiger partial charge in [-0.15, -0.1) is 0 Å². The molecular formula is C8H7ClF2O3S. The molecular weight excluding hydrogens is 250 g/mol. The standard InChI is InChI=1S/C8H7ClF2O3S/c9-15(13,14)4-3-5-6(10)1-2-7(12)8(5)11/h1-2,12H,3-4H2. The Hall–Kier alpha value is -0.880. The molecule has 84 valence electrons. The molecule has 1 aromatic carbocycles. The van der Waals surface area contributed by atoms with Crippen LogP contribution in [0.25, 0.3) is 0 Å². The minimum Gasteiger partial charge on any atom is -0.505 e. The minimum absolute atomic E-state index is 0.419. The van der Waals surface area contributed by atoms with Gasteiger partial charge in [-0.1, -0.05) is 0 Å². The molecule has 0 aliphatic heterocycles. The highest BCUT2D eigenvalue weighted by molar-refractivity contribution is 8.13. The monoisotopic (exact) mass is 256 g/mol. The molecule has 0 unspecified atom stereocenters. The summed E-state index contributed by atoms with van der Waals surface area (Å²) in [6.45, 7) is 0. The van der Waals surface area contributed by atoms with Crippen LogP contribution in [0.3, 0.4) is 0 Å². The second kappa shape index (κ2) is 4.32. The molecule has 15 heavy (non-hydrogen) atoms. The predicted molar refractivity (Wildman–Crippen MR) is 51.4 cm³/mol. The number of benzene rings is 1. The molecule has 0 radical (unpaired) electrons. The zero-order valence-corrected chi connectivity index (χ0v) is 8.95. The number of halogens is 3. The molecule has 3 nitrogen and oxygen atoms in total. The summed E-state index contributed by atoms with van der Waals surface area (Å²) in [7, 11) is 1.08. The van der Waals surface area contributed by atoms with Gasteiger partial charge in [-0.2, -0.15) is 0 Å². The van der Waals surface area contributed by atoms with E-state index in [4.69, 9.17) is 15.8 Å². The molecule has 0 bridgehead atoms. The van der Waals surface area contributed by atoms with Crippen LogP contribution in [0.4, 0.5) is 8.78 Å². The van der Waals surface area contributed by atoms with E-state index in [1.807, 2.05) is 0 Å². The number of hydrogen-bond donors (Lipinski definition) is 1. The lowest BCUT2D eigenvalue weighted by Crippen LogP contribution is -2.05. The molecule has 0 aromatic heterocycles. The number of rotatable bonds is 3. The second-order valence-electron chi connectivity index (χ2n) is 2.85. The Bertz CT molecular complexity index is 473. The van der Waals surface area contributed by atoms with Crippen LogP contribution in [0.5, 0.6) is 5.75 Å². The molecule has 1 rings (SSSR count). The van der Waals surface area contributed by atoms with E-state index in [0.717, 1.165) is 12.1 Å². The average molecular weight is 257 g/mol. The Morgan fingerprint density at radius 3 is 2.47 bits per heavy atom. The number of phenols is 1. The summed E-state index contributed by atoms with van der Waals surface area (Å²) >= 11 is 0. The van der Waals surface area contributed by atoms with Gasteiger partial charge in [0.1, 0.15) is 5.82 Å². The Balaban J connectivity index is 2.99. The summed E-state index contributed by atoms with van der Waals surface area (Å²) < 4.78 is 47.3. The Kier molecular flexibility index (Phi) is 3.51. The topological polar surface area (TPSA) is 54.4 Å². The van der Waals surface area contributed by atoms with Crippen LogP contribution < -0.4 is 0 Å². The van der Waals surface area contributed by atoms with E-state index in [1.54, 1.807) is 0 Å². The summed E-state index contributed by atoms with van der Waals surface area (Å²) in [5.41, 5.74) is -0.487. The van der Waals surface area contributed by atoms with Crippen LogP contribution >= 0.6 is 10.7 Å². The van der Waals surface area contributed by atoms with Crippen molar-refractivity contribution < 1.29 is 22.3 Å². The molecule has 7 heteroatoms. The van der Waals surface area contributed by atoms with Crippen molar-refractivity contribution in [3.63, 3.8) is 0 Å². The Labute approximate surface area is 89.7 Å². The highest BCUT2D eigenvalue weighted by atomic mass is 35.7. The zero-order chi connectivity index (χ0) is 11.6. The van der Waals surface area contributed by atoms with Gasteiger partial charge in [0, 0.05) is 16.2 Å². The SMILES string of the molecule is O=S(=O)(Cl)CCc1c(F)ccc(O)c1F. The lowest BCUT2D eigenvalue weighted by Gasteiger charge is -2.04. The van der Waals surface area contributed by atoms with Crippen molar-refractivity contribution in [2.75, 3.05) is 5.75 Å². The molecule has 0 spiro atoms. The van der Waals surface area contributed by atoms with Gasteiger partial charge in [-0.25, -0.2) is 17.2 Å². The molecule has 0 heterocycles. The third kappa shape index (κ3) is 3.32. The second-order valence-corrected chi connectivity index (χ2v) is 5.75. The number of aromatic hydroxyl groups is 1. The van der Waals surface area contributed by atoms with Gasteiger partial charge in [0.15, 0.2) is 11.6 Å². The smallest absolute Gasteiger partial charge is 0.232 e. The van der Waals surface area contributed by atoms with Gasteiger partial charge in [0.25, 0.3) is 0 Å². The third-order valence-corrected chi connectivity index (χ3v) is 2.92. The van der Waals surface area contributed by atoms with E-state index in [-0.39, 0.29) is 0 Å². The van der Waals surface area contributed by atoms with E-state index < -0.39 is 44.2 Å². The van der Waals surface area contributed by atoms with Gasteiger partial charge < -0.3 is 5.11 Å². The zero-order valence-electron chi connectivity index (χ0n) is 7.37. The maximum absolute atomic E-state index is 13.1. The van der Waals surface area contributed by atoms with Gasteiger partial charge in [0.2, 0.25) is 9.05 Å². The third-order valence-electron chi connectivity index (χ3n) is 1.76. The summed E-state index contributed by atoms with van der Waals surface area (Å²) in [6.07, 6.45) is -0.419. The maximum Gasteiger partial charge on any atom is 0.232 e. The van der Waals surface area contributed by atoms with Crippen molar-refractivity contribution in [3.05, 3.63) is 29.3 Å².